The Labute approximate surface area is 116 Å². The molecular formula is C18H33. The van der Waals surface area contributed by atoms with Gasteiger partial charge in [0, 0.05) is 12.8 Å². The third-order valence-corrected chi connectivity index (χ3v) is 3.30. The van der Waals surface area contributed by atoms with Crippen LogP contribution in [-0.4, -0.2) is 0 Å². The SMILES string of the molecule is [CH2]CCCCCCCCCCCCC#CCCC. The first-order chi connectivity index (χ1) is 8.91. The molecule has 0 nitrogen and oxygen atoms in total. The topological polar surface area (TPSA) is 0 Å². The molecule has 0 amide bonds. The minimum atomic E-state index is 1.08. The van der Waals surface area contributed by atoms with Crippen molar-refractivity contribution in [2.24, 2.45) is 0 Å². The van der Waals surface area contributed by atoms with Crippen LogP contribution >= 0.6 is 0 Å². The molecule has 0 aromatic rings. The second-order valence-corrected chi connectivity index (χ2v) is 5.24. The Morgan fingerprint density at radius 3 is 1.56 bits per heavy atom. The monoisotopic (exact) mass is 249 g/mol. The Morgan fingerprint density at radius 2 is 1.06 bits per heavy atom. The zero-order valence-electron chi connectivity index (χ0n) is 12.6. The van der Waals surface area contributed by atoms with E-state index in [0.29, 0.717) is 0 Å². The van der Waals surface area contributed by atoms with Crippen molar-refractivity contribution in [3.63, 3.8) is 0 Å². The minimum absolute atomic E-state index is 1.08. The van der Waals surface area contributed by atoms with Gasteiger partial charge in [0.15, 0.2) is 0 Å². The fraction of sp³-hybridized carbons (Fsp3) is 0.833. The van der Waals surface area contributed by atoms with Gasteiger partial charge in [0.05, 0.1) is 0 Å². The maximum atomic E-state index is 3.88. The summed E-state index contributed by atoms with van der Waals surface area (Å²) in [4.78, 5) is 0. The van der Waals surface area contributed by atoms with E-state index in [1.54, 1.807) is 0 Å². The average Bonchev–Trinajstić information content (AvgIpc) is 2.39. The van der Waals surface area contributed by atoms with Crippen LogP contribution in [0.2, 0.25) is 0 Å². The quantitative estimate of drug-likeness (QED) is 0.281. The van der Waals surface area contributed by atoms with Crippen molar-refractivity contribution in [1.29, 1.82) is 0 Å². The van der Waals surface area contributed by atoms with Crippen LogP contribution in [0.5, 0.6) is 0 Å². The van der Waals surface area contributed by atoms with Gasteiger partial charge in [-0.3, -0.25) is 0 Å². The Kier molecular flexibility index (Phi) is 16.2. The van der Waals surface area contributed by atoms with E-state index in [4.69, 9.17) is 0 Å². The molecule has 105 valence electrons. The Hall–Kier alpha value is -0.440. The smallest absolute Gasteiger partial charge is 0.00886 e. The summed E-state index contributed by atoms with van der Waals surface area (Å²) in [6.45, 7) is 6.06. The lowest BCUT2D eigenvalue weighted by Crippen LogP contribution is -1.82. The zero-order chi connectivity index (χ0) is 13.3. The summed E-state index contributed by atoms with van der Waals surface area (Å²) in [5, 5.41) is 0. The van der Waals surface area contributed by atoms with Gasteiger partial charge in [0.2, 0.25) is 0 Å². The molecule has 1 radical (unpaired) electrons. The second-order valence-electron chi connectivity index (χ2n) is 5.24. The summed E-state index contributed by atoms with van der Waals surface area (Å²) in [5.41, 5.74) is 0. The molecule has 0 rings (SSSR count). The van der Waals surface area contributed by atoms with Crippen LogP contribution in [0.25, 0.3) is 0 Å². The number of hydrogen-bond donors (Lipinski definition) is 0. The first-order valence-electron chi connectivity index (χ1n) is 8.16. The molecule has 0 aromatic heterocycles. The fourth-order valence-corrected chi connectivity index (χ4v) is 2.11. The van der Waals surface area contributed by atoms with Crippen LogP contribution in [0, 0.1) is 18.8 Å². The lowest BCUT2D eigenvalue weighted by Gasteiger charge is -2.01. The van der Waals surface area contributed by atoms with Gasteiger partial charge in [-0.1, -0.05) is 78.1 Å². The molecule has 0 spiro atoms. The largest absolute Gasteiger partial charge is 0.103 e. The fourth-order valence-electron chi connectivity index (χ4n) is 2.11. The minimum Gasteiger partial charge on any atom is -0.103 e. The second kappa shape index (κ2) is 16.6. The van der Waals surface area contributed by atoms with Crippen LogP contribution in [0.4, 0.5) is 0 Å². The van der Waals surface area contributed by atoms with Crippen molar-refractivity contribution in [1.82, 2.24) is 0 Å². The van der Waals surface area contributed by atoms with Crippen molar-refractivity contribution in [3.8, 4) is 11.8 Å². The first-order valence-corrected chi connectivity index (χ1v) is 8.16. The van der Waals surface area contributed by atoms with E-state index in [9.17, 15) is 0 Å². The summed E-state index contributed by atoms with van der Waals surface area (Å²) < 4.78 is 0. The molecule has 0 heteroatoms. The maximum Gasteiger partial charge on any atom is 0.00886 e. The third-order valence-electron chi connectivity index (χ3n) is 3.30. The standard InChI is InChI=1S/C18H33/c1-3-5-7-9-11-13-15-17-18-16-14-12-10-8-6-4-2/h1,3-7,9,11-18H2,2H3. The normalized spacial score (nSPS) is 10.1. The van der Waals surface area contributed by atoms with Crippen molar-refractivity contribution in [2.45, 2.75) is 96.8 Å². The molecule has 0 bridgehead atoms. The molecule has 0 aliphatic rings. The average molecular weight is 249 g/mol. The van der Waals surface area contributed by atoms with Crippen molar-refractivity contribution < 1.29 is 0 Å². The molecule has 0 N–H and O–H groups in total. The van der Waals surface area contributed by atoms with Crippen molar-refractivity contribution in [3.05, 3.63) is 6.92 Å². The third kappa shape index (κ3) is 15.6. The number of hydrogen-bond acceptors (Lipinski definition) is 0. The zero-order valence-corrected chi connectivity index (χ0v) is 12.6. The van der Waals surface area contributed by atoms with E-state index >= 15 is 0 Å². The molecule has 0 unspecified atom stereocenters. The molecule has 0 atom stereocenters. The van der Waals surface area contributed by atoms with E-state index < -0.39 is 0 Å². The molecule has 0 heterocycles. The van der Waals surface area contributed by atoms with E-state index in [1.165, 1.54) is 70.6 Å². The predicted molar refractivity (Wildman–Crippen MR) is 83.4 cm³/mol. The van der Waals surface area contributed by atoms with Crippen molar-refractivity contribution in [2.75, 3.05) is 0 Å². The van der Waals surface area contributed by atoms with Gasteiger partial charge in [0.25, 0.3) is 0 Å². The summed E-state index contributed by atoms with van der Waals surface area (Å²) in [6.07, 6.45) is 18.5. The van der Waals surface area contributed by atoms with Crippen LogP contribution in [-0.2, 0) is 0 Å². The Bertz CT molecular complexity index is 194. The summed E-state index contributed by atoms with van der Waals surface area (Å²) in [5.74, 6) is 6.48. The highest BCUT2D eigenvalue weighted by Crippen LogP contribution is 2.11. The lowest BCUT2D eigenvalue weighted by molar-refractivity contribution is 0.554. The summed E-state index contributed by atoms with van der Waals surface area (Å²) in [6, 6.07) is 0. The molecular weight excluding hydrogens is 216 g/mol. The first kappa shape index (κ1) is 17.6. The van der Waals surface area contributed by atoms with Gasteiger partial charge in [-0.25, -0.2) is 0 Å². The molecule has 18 heavy (non-hydrogen) atoms. The van der Waals surface area contributed by atoms with Gasteiger partial charge < -0.3 is 0 Å². The van der Waals surface area contributed by atoms with E-state index in [2.05, 4.69) is 25.7 Å². The van der Waals surface area contributed by atoms with Crippen LogP contribution in [0.1, 0.15) is 96.8 Å². The molecule has 0 aliphatic carbocycles. The highest BCUT2D eigenvalue weighted by molar-refractivity contribution is 4.98. The molecule has 0 aromatic carbocycles. The number of unbranched alkanes of at least 4 members (excludes halogenated alkanes) is 12. The van der Waals surface area contributed by atoms with Gasteiger partial charge in [0.1, 0.15) is 0 Å². The maximum absolute atomic E-state index is 3.88. The van der Waals surface area contributed by atoms with E-state index in [1.807, 2.05) is 0 Å². The predicted octanol–water partition coefficient (Wildman–Crippen LogP) is 6.31. The highest BCUT2D eigenvalue weighted by Gasteiger charge is 1.92. The molecule has 0 saturated heterocycles. The van der Waals surface area contributed by atoms with E-state index in [0.717, 1.165) is 19.3 Å². The van der Waals surface area contributed by atoms with Crippen molar-refractivity contribution >= 4 is 0 Å². The Morgan fingerprint density at radius 1 is 0.611 bits per heavy atom. The molecule has 0 aliphatic heterocycles. The lowest BCUT2D eigenvalue weighted by atomic mass is 10.1. The van der Waals surface area contributed by atoms with Gasteiger partial charge >= 0.3 is 0 Å². The molecule has 0 saturated carbocycles. The van der Waals surface area contributed by atoms with Gasteiger partial charge in [-0.05, 0) is 12.8 Å². The number of rotatable bonds is 12. The van der Waals surface area contributed by atoms with Gasteiger partial charge in [-0.2, -0.15) is 0 Å². The summed E-state index contributed by atoms with van der Waals surface area (Å²) in [7, 11) is 0. The van der Waals surface area contributed by atoms with Crippen LogP contribution < -0.4 is 0 Å². The molecule has 0 fully saturated rings. The highest BCUT2D eigenvalue weighted by atomic mass is 14.0. The van der Waals surface area contributed by atoms with Crippen LogP contribution in [0.15, 0.2) is 0 Å². The Balaban J connectivity index is 2.97. The van der Waals surface area contributed by atoms with Gasteiger partial charge in [-0.15, -0.1) is 11.8 Å². The van der Waals surface area contributed by atoms with Crippen LogP contribution in [0.3, 0.4) is 0 Å². The summed E-state index contributed by atoms with van der Waals surface area (Å²) >= 11 is 0. The van der Waals surface area contributed by atoms with E-state index in [-0.39, 0.29) is 0 Å².